The molecule has 0 aromatic heterocycles. The first kappa shape index (κ1) is 15.9. The molecule has 2 nitrogen and oxygen atoms in total. The maximum absolute atomic E-state index is 9.15. The maximum Gasteiger partial charge on any atom is 0.169 e. The molecule has 3 atom stereocenters. The van der Waals surface area contributed by atoms with E-state index >= 15 is 0 Å². The van der Waals surface area contributed by atoms with E-state index in [1.165, 1.54) is 57.8 Å². The molecule has 112 valence electrons. The lowest BCUT2D eigenvalue weighted by atomic mass is 9.85. The molecule has 0 aromatic carbocycles. The lowest BCUT2D eigenvalue weighted by Gasteiger charge is -2.27. The number of fused-ring (bicyclic) bond motifs is 2. The smallest absolute Gasteiger partial charge is 0.169 e. The molecule has 0 amide bonds. The van der Waals surface area contributed by atoms with E-state index in [4.69, 9.17) is 5.26 Å². The van der Waals surface area contributed by atoms with Crippen LogP contribution >= 0.6 is 11.8 Å². The van der Waals surface area contributed by atoms with Crippen molar-refractivity contribution in [3.05, 3.63) is 0 Å². The van der Waals surface area contributed by atoms with Gasteiger partial charge < -0.3 is 0 Å². The molecule has 0 N–H and O–H groups in total. The molecule has 2 rings (SSSR count). The van der Waals surface area contributed by atoms with Crippen LogP contribution in [0.3, 0.4) is 0 Å². The molecule has 0 radical (unpaired) electrons. The second-order valence-corrected chi connectivity index (χ2v) is 8.04. The van der Waals surface area contributed by atoms with Crippen LogP contribution in [0.2, 0.25) is 0 Å². The molecule has 1 saturated carbocycles. The van der Waals surface area contributed by atoms with Crippen molar-refractivity contribution in [3.8, 4) is 6.07 Å². The Hall–Kier alpha value is -0.490. The SMILES string of the molecule is CC(C)C1CCCCCC2CC(CCC1)SC(C#N)=N2. The first-order valence-electron chi connectivity index (χ1n) is 8.33. The average Bonchev–Trinajstić information content (AvgIpc) is 2.43. The zero-order chi connectivity index (χ0) is 14.4. The van der Waals surface area contributed by atoms with Gasteiger partial charge in [0, 0.05) is 5.25 Å². The van der Waals surface area contributed by atoms with Crippen LogP contribution in [0.4, 0.5) is 0 Å². The first-order valence-corrected chi connectivity index (χ1v) is 9.21. The number of hydrogen-bond donors (Lipinski definition) is 0. The summed E-state index contributed by atoms with van der Waals surface area (Å²) in [4.78, 5) is 4.61. The highest BCUT2D eigenvalue weighted by molar-refractivity contribution is 8.15. The summed E-state index contributed by atoms with van der Waals surface area (Å²) in [6, 6.07) is 2.71. The Morgan fingerprint density at radius 1 is 1.10 bits per heavy atom. The van der Waals surface area contributed by atoms with Gasteiger partial charge in [-0.25, -0.2) is 0 Å². The summed E-state index contributed by atoms with van der Waals surface area (Å²) in [5.74, 6) is 1.73. The Bertz CT molecular complexity index is 370. The minimum atomic E-state index is 0.427. The highest BCUT2D eigenvalue weighted by Crippen LogP contribution is 2.34. The van der Waals surface area contributed by atoms with Crippen molar-refractivity contribution >= 4 is 16.8 Å². The van der Waals surface area contributed by atoms with Gasteiger partial charge in [0.15, 0.2) is 5.04 Å². The highest BCUT2D eigenvalue weighted by Gasteiger charge is 2.25. The van der Waals surface area contributed by atoms with E-state index in [1.54, 1.807) is 11.8 Å². The van der Waals surface area contributed by atoms with E-state index in [2.05, 4.69) is 24.9 Å². The Morgan fingerprint density at radius 2 is 1.85 bits per heavy atom. The summed E-state index contributed by atoms with van der Waals surface area (Å²) in [5.41, 5.74) is 0. The Morgan fingerprint density at radius 3 is 2.60 bits per heavy atom. The van der Waals surface area contributed by atoms with Gasteiger partial charge in [-0.3, -0.25) is 4.99 Å². The molecule has 0 spiro atoms. The fraction of sp³-hybridized carbons (Fsp3) is 0.882. The monoisotopic (exact) mass is 292 g/mol. The van der Waals surface area contributed by atoms with Crippen molar-refractivity contribution in [2.45, 2.75) is 82.9 Å². The van der Waals surface area contributed by atoms with E-state index in [0.717, 1.165) is 16.9 Å². The predicted molar refractivity (Wildman–Crippen MR) is 88.1 cm³/mol. The third-order valence-electron chi connectivity index (χ3n) is 4.86. The summed E-state index contributed by atoms with van der Waals surface area (Å²) >= 11 is 1.74. The Kier molecular flexibility index (Phi) is 6.42. The molecule has 0 saturated heterocycles. The molecule has 3 heteroatoms. The van der Waals surface area contributed by atoms with Crippen LogP contribution in [0.25, 0.3) is 0 Å². The predicted octanol–water partition coefficient (Wildman–Crippen LogP) is 5.19. The topological polar surface area (TPSA) is 36.1 Å². The zero-order valence-corrected chi connectivity index (χ0v) is 13.8. The Labute approximate surface area is 128 Å². The number of nitrogens with zero attached hydrogens (tertiary/aromatic N) is 2. The van der Waals surface area contributed by atoms with Crippen molar-refractivity contribution in [1.29, 1.82) is 5.26 Å². The average molecular weight is 292 g/mol. The summed E-state index contributed by atoms with van der Waals surface area (Å²) in [6.07, 6.45) is 11.8. The number of nitriles is 1. The number of rotatable bonds is 1. The molecule has 1 aliphatic carbocycles. The van der Waals surface area contributed by atoms with Gasteiger partial charge in [-0.2, -0.15) is 5.26 Å². The van der Waals surface area contributed by atoms with E-state index < -0.39 is 0 Å². The first-order chi connectivity index (χ1) is 9.69. The Balaban J connectivity index is 1.96. The fourth-order valence-electron chi connectivity index (χ4n) is 3.55. The normalized spacial score (nSPS) is 32.7. The van der Waals surface area contributed by atoms with Gasteiger partial charge in [0.2, 0.25) is 0 Å². The quantitative estimate of drug-likeness (QED) is 0.667. The second-order valence-electron chi connectivity index (χ2n) is 6.75. The summed E-state index contributed by atoms with van der Waals surface area (Å²) in [5, 5.41) is 10.5. The molecular formula is C17H28N2S. The molecular weight excluding hydrogens is 264 g/mol. The van der Waals surface area contributed by atoms with Gasteiger partial charge in [0.1, 0.15) is 6.07 Å². The maximum atomic E-state index is 9.15. The van der Waals surface area contributed by atoms with Gasteiger partial charge in [0.05, 0.1) is 6.04 Å². The van der Waals surface area contributed by atoms with Crippen LogP contribution in [0.5, 0.6) is 0 Å². The number of aliphatic imine (C=N–C) groups is 1. The van der Waals surface area contributed by atoms with Crippen LogP contribution in [0.15, 0.2) is 4.99 Å². The van der Waals surface area contributed by atoms with E-state index in [-0.39, 0.29) is 0 Å². The van der Waals surface area contributed by atoms with Crippen molar-refractivity contribution in [1.82, 2.24) is 0 Å². The molecule has 1 aliphatic heterocycles. The minimum Gasteiger partial charge on any atom is -0.265 e. The zero-order valence-electron chi connectivity index (χ0n) is 13.0. The van der Waals surface area contributed by atoms with Crippen molar-refractivity contribution < 1.29 is 0 Å². The summed E-state index contributed by atoms with van der Waals surface area (Å²) in [7, 11) is 0. The largest absolute Gasteiger partial charge is 0.265 e. The van der Waals surface area contributed by atoms with E-state index in [9.17, 15) is 0 Å². The molecule has 1 heterocycles. The van der Waals surface area contributed by atoms with Gasteiger partial charge in [-0.15, -0.1) is 0 Å². The minimum absolute atomic E-state index is 0.427. The molecule has 2 aliphatic rings. The summed E-state index contributed by atoms with van der Waals surface area (Å²) in [6.45, 7) is 4.75. The van der Waals surface area contributed by atoms with Crippen LogP contribution in [0.1, 0.15) is 71.6 Å². The third-order valence-corrected chi connectivity index (χ3v) is 6.05. The highest BCUT2D eigenvalue weighted by atomic mass is 32.2. The van der Waals surface area contributed by atoms with Crippen LogP contribution < -0.4 is 0 Å². The molecule has 1 fully saturated rings. The van der Waals surface area contributed by atoms with Gasteiger partial charge in [-0.05, 0) is 31.1 Å². The van der Waals surface area contributed by atoms with E-state index in [1.807, 2.05) is 0 Å². The standard InChI is InChI=1S/C17H28N2S/c1-13(2)14-7-4-3-5-9-15-11-16(10-6-8-14)20-17(12-18)19-15/h13-16H,3-11H2,1-2H3. The summed E-state index contributed by atoms with van der Waals surface area (Å²) < 4.78 is 0. The van der Waals surface area contributed by atoms with E-state index in [0.29, 0.717) is 11.3 Å². The molecule has 20 heavy (non-hydrogen) atoms. The lowest BCUT2D eigenvalue weighted by Crippen LogP contribution is -2.23. The van der Waals surface area contributed by atoms with Gasteiger partial charge >= 0.3 is 0 Å². The van der Waals surface area contributed by atoms with Crippen LogP contribution in [-0.2, 0) is 0 Å². The molecule has 3 unspecified atom stereocenters. The van der Waals surface area contributed by atoms with Crippen LogP contribution in [0, 0.1) is 23.2 Å². The molecule has 0 aromatic rings. The fourth-order valence-corrected chi connectivity index (χ4v) is 4.74. The second kappa shape index (κ2) is 8.08. The number of thioether (sulfide) groups is 1. The van der Waals surface area contributed by atoms with Gasteiger partial charge in [0.25, 0.3) is 0 Å². The van der Waals surface area contributed by atoms with Crippen molar-refractivity contribution in [2.75, 3.05) is 0 Å². The lowest BCUT2D eigenvalue weighted by molar-refractivity contribution is 0.308. The van der Waals surface area contributed by atoms with Crippen LogP contribution in [-0.4, -0.2) is 16.3 Å². The van der Waals surface area contributed by atoms with Gasteiger partial charge in [-0.1, -0.05) is 64.1 Å². The van der Waals surface area contributed by atoms with Crippen molar-refractivity contribution in [2.24, 2.45) is 16.8 Å². The third kappa shape index (κ3) is 4.81. The number of hydrogen-bond acceptors (Lipinski definition) is 3. The molecule has 2 bridgehead atoms. The van der Waals surface area contributed by atoms with Crippen molar-refractivity contribution in [3.63, 3.8) is 0 Å².